The largest absolute Gasteiger partial charge is 0.456 e. The lowest BCUT2D eigenvalue weighted by atomic mass is 10.1. The molecule has 1 aromatic heterocycles. The summed E-state index contributed by atoms with van der Waals surface area (Å²) in [4.78, 5) is 26.7. The summed E-state index contributed by atoms with van der Waals surface area (Å²) in [5.74, 6) is 0.331. The van der Waals surface area contributed by atoms with Crippen LogP contribution >= 0.6 is 0 Å². The Labute approximate surface area is 134 Å². The smallest absolute Gasteiger partial charge is 0.303 e. The molecular formula is C17H20N2O4. The second kappa shape index (κ2) is 7.58. The SMILES string of the molecule is CCc1ccccc1-c1nc(CNC(=O)COC(C)=O)c(C)o1. The Balaban J connectivity index is 2.06. The highest BCUT2D eigenvalue weighted by molar-refractivity contribution is 5.79. The van der Waals surface area contributed by atoms with E-state index in [2.05, 4.69) is 22.0 Å². The molecule has 0 atom stereocenters. The Morgan fingerprint density at radius 3 is 2.74 bits per heavy atom. The third-order valence-electron chi connectivity index (χ3n) is 3.38. The molecule has 1 heterocycles. The van der Waals surface area contributed by atoms with Crippen molar-refractivity contribution in [1.82, 2.24) is 10.3 Å². The van der Waals surface area contributed by atoms with Crippen LogP contribution in [0.5, 0.6) is 0 Å². The lowest BCUT2D eigenvalue weighted by molar-refractivity contribution is -0.146. The number of hydrogen-bond donors (Lipinski definition) is 1. The number of amides is 1. The molecular weight excluding hydrogens is 296 g/mol. The number of carbonyl (C=O) groups is 2. The molecule has 0 radical (unpaired) electrons. The number of rotatable bonds is 6. The predicted molar refractivity (Wildman–Crippen MR) is 84.5 cm³/mol. The van der Waals surface area contributed by atoms with Gasteiger partial charge in [0.05, 0.1) is 6.54 Å². The average Bonchev–Trinajstić information content (AvgIpc) is 2.91. The number of carbonyl (C=O) groups excluding carboxylic acids is 2. The molecule has 1 amide bonds. The van der Waals surface area contributed by atoms with Gasteiger partial charge in [-0.25, -0.2) is 4.98 Å². The third kappa shape index (κ3) is 4.42. The van der Waals surface area contributed by atoms with Crippen molar-refractivity contribution in [3.05, 3.63) is 41.3 Å². The first-order valence-electron chi connectivity index (χ1n) is 7.46. The molecule has 0 saturated carbocycles. The van der Waals surface area contributed by atoms with E-state index in [-0.39, 0.29) is 19.1 Å². The van der Waals surface area contributed by atoms with Crippen molar-refractivity contribution in [1.29, 1.82) is 0 Å². The Hall–Kier alpha value is -2.63. The third-order valence-corrected chi connectivity index (χ3v) is 3.38. The number of aromatic nitrogens is 1. The van der Waals surface area contributed by atoms with Crippen LogP contribution in [0.2, 0.25) is 0 Å². The van der Waals surface area contributed by atoms with E-state index < -0.39 is 5.97 Å². The van der Waals surface area contributed by atoms with Crippen molar-refractivity contribution in [2.75, 3.05) is 6.61 Å². The molecule has 1 aromatic carbocycles. The number of hydrogen-bond acceptors (Lipinski definition) is 5. The van der Waals surface area contributed by atoms with Crippen LogP contribution in [-0.2, 0) is 27.3 Å². The summed E-state index contributed by atoms with van der Waals surface area (Å²) >= 11 is 0. The van der Waals surface area contributed by atoms with Crippen molar-refractivity contribution >= 4 is 11.9 Å². The minimum atomic E-state index is -0.490. The van der Waals surface area contributed by atoms with Crippen molar-refractivity contribution < 1.29 is 18.7 Å². The van der Waals surface area contributed by atoms with Crippen LogP contribution in [-0.4, -0.2) is 23.5 Å². The summed E-state index contributed by atoms with van der Waals surface area (Å²) in [6.07, 6.45) is 0.881. The molecule has 2 aromatic rings. The van der Waals surface area contributed by atoms with Gasteiger partial charge in [0.15, 0.2) is 6.61 Å². The molecule has 0 aliphatic carbocycles. The molecule has 0 bridgehead atoms. The van der Waals surface area contributed by atoms with E-state index in [1.807, 2.05) is 24.3 Å². The summed E-state index contributed by atoms with van der Waals surface area (Å²) in [6, 6.07) is 7.92. The Morgan fingerprint density at radius 1 is 1.30 bits per heavy atom. The second-order valence-electron chi connectivity index (χ2n) is 5.09. The first-order valence-corrected chi connectivity index (χ1v) is 7.46. The number of ether oxygens (including phenoxy) is 1. The molecule has 0 aliphatic heterocycles. The standard InChI is InChI=1S/C17H20N2O4/c1-4-13-7-5-6-8-14(13)17-19-15(11(2)23-17)9-18-16(21)10-22-12(3)20/h5-8H,4,9-10H2,1-3H3,(H,18,21). The van der Waals surface area contributed by atoms with Crippen LogP contribution in [0.1, 0.15) is 30.9 Å². The average molecular weight is 316 g/mol. The van der Waals surface area contributed by atoms with Crippen LogP contribution in [0.4, 0.5) is 0 Å². The molecule has 1 N–H and O–H groups in total. The van der Waals surface area contributed by atoms with E-state index in [0.717, 1.165) is 17.5 Å². The van der Waals surface area contributed by atoms with Crippen LogP contribution in [0.15, 0.2) is 28.7 Å². The first kappa shape index (κ1) is 16.7. The number of nitrogens with one attached hydrogen (secondary N) is 1. The zero-order valence-corrected chi connectivity index (χ0v) is 13.5. The first-order chi connectivity index (χ1) is 11.0. The van der Waals surface area contributed by atoms with Crippen LogP contribution in [0.3, 0.4) is 0 Å². The van der Waals surface area contributed by atoms with Crippen LogP contribution in [0, 0.1) is 6.92 Å². The monoisotopic (exact) mass is 316 g/mol. The Kier molecular flexibility index (Phi) is 5.51. The van der Waals surface area contributed by atoms with Gasteiger partial charge >= 0.3 is 5.97 Å². The molecule has 0 aliphatic rings. The zero-order chi connectivity index (χ0) is 16.8. The molecule has 0 saturated heterocycles. The van der Waals surface area contributed by atoms with Gasteiger partial charge in [0.1, 0.15) is 11.5 Å². The lowest BCUT2D eigenvalue weighted by Crippen LogP contribution is -2.28. The summed E-state index contributed by atoms with van der Waals surface area (Å²) in [7, 11) is 0. The minimum Gasteiger partial charge on any atom is -0.456 e. The molecule has 23 heavy (non-hydrogen) atoms. The van der Waals surface area contributed by atoms with E-state index in [4.69, 9.17) is 4.42 Å². The highest BCUT2D eigenvalue weighted by Crippen LogP contribution is 2.25. The molecule has 0 fully saturated rings. The normalized spacial score (nSPS) is 10.4. The Bertz CT molecular complexity index is 706. The number of esters is 1. The van der Waals surface area contributed by atoms with Crippen LogP contribution < -0.4 is 5.32 Å². The van der Waals surface area contributed by atoms with E-state index in [1.165, 1.54) is 6.92 Å². The quantitative estimate of drug-likeness (QED) is 0.828. The fourth-order valence-corrected chi connectivity index (χ4v) is 2.15. The van der Waals surface area contributed by atoms with Crippen molar-refractivity contribution in [3.8, 4) is 11.5 Å². The minimum absolute atomic E-state index is 0.226. The number of benzene rings is 1. The van der Waals surface area contributed by atoms with Gasteiger partial charge in [-0.2, -0.15) is 0 Å². The molecule has 6 nitrogen and oxygen atoms in total. The lowest BCUT2D eigenvalue weighted by Gasteiger charge is -2.03. The maximum absolute atomic E-state index is 11.6. The van der Waals surface area contributed by atoms with E-state index >= 15 is 0 Å². The number of aryl methyl sites for hydroxylation is 2. The van der Waals surface area contributed by atoms with Gasteiger partial charge in [-0.1, -0.05) is 25.1 Å². The molecule has 0 spiro atoms. The van der Waals surface area contributed by atoms with Gasteiger partial charge in [0.2, 0.25) is 5.89 Å². The summed E-state index contributed by atoms with van der Waals surface area (Å²) in [5.41, 5.74) is 2.76. The van der Waals surface area contributed by atoms with Gasteiger partial charge in [0.25, 0.3) is 5.91 Å². The summed E-state index contributed by atoms with van der Waals surface area (Å²) < 4.78 is 10.4. The van der Waals surface area contributed by atoms with E-state index in [9.17, 15) is 9.59 Å². The number of nitrogens with zero attached hydrogens (tertiary/aromatic N) is 1. The maximum atomic E-state index is 11.6. The van der Waals surface area contributed by atoms with Crippen LogP contribution in [0.25, 0.3) is 11.5 Å². The fourth-order valence-electron chi connectivity index (χ4n) is 2.15. The van der Waals surface area contributed by atoms with Gasteiger partial charge in [-0.3, -0.25) is 9.59 Å². The Morgan fingerprint density at radius 2 is 2.04 bits per heavy atom. The zero-order valence-electron chi connectivity index (χ0n) is 13.5. The number of oxazole rings is 1. The van der Waals surface area contributed by atoms with Crippen molar-refractivity contribution in [2.24, 2.45) is 0 Å². The molecule has 122 valence electrons. The summed E-state index contributed by atoms with van der Waals surface area (Å²) in [5, 5.41) is 2.65. The maximum Gasteiger partial charge on any atom is 0.303 e. The molecule has 0 unspecified atom stereocenters. The topological polar surface area (TPSA) is 81.4 Å². The highest BCUT2D eigenvalue weighted by atomic mass is 16.5. The van der Waals surface area contributed by atoms with E-state index in [0.29, 0.717) is 17.3 Å². The van der Waals surface area contributed by atoms with Crippen molar-refractivity contribution in [3.63, 3.8) is 0 Å². The summed E-state index contributed by atoms with van der Waals surface area (Å²) in [6.45, 7) is 5.07. The molecule has 6 heteroatoms. The van der Waals surface area contributed by atoms with E-state index in [1.54, 1.807) is 6.92 Å². The van der Waals surface area contributed by atoms with Crippen molar-refractivity contribution in [2.45, 2.75) is 33.7 Å². The van der Waals surface area contributed by atoms with Gasteiger partial charge in [-0.15, -0.1) is 0 Å². The van der Waals surface area contributed by atoms with Gasteiger partial charge in [-0.05, 0) is 25.0 Å². The highest BCUT2D eigenvalue weighted by Gasteiger charge is 2.14. The van der Waals surface area contributed by atoms with Gasteiger partial charge in [0, 0.05) is 12.5 Å². The molecule has 2 rings (SSSR count). The fraction of sp³-hybridized carbons (Fsp3) is 0.353. The van der Waals surface area contributed by atoms with Gasteiger partial charge < -0.3 is 14.5 Å². The predicted octanol–water partition coefficient (Wildman–Crippen LogP) is 2.39. The second-order valence-corrected chi connectivity index (χ2v) is 5.09.